The zero-order valence-electron chi connectivity index (χ0n) is 11.2. The van der Waals surface area contributed by atoms with E-state index in [1.165, 1.54) is 18.4 Å². The Bertz CT molecular complexity index is 422. The highest BCUT2D eigenvalue weighted by Gasteiger charge is 2.43. The Hall–Kier alpha value is -0.610. The van der Waals surface area contributed by atoms with Gasteiger partial charge in [0.15, 0.2) is 4.08 Å². The molecule has 1 aromatic carbocycles. The summed E-state index contributed by atoms with van der Waals surface area (Å²) in [5.41, 5.74) is 2.23. The summed E-state index contributed by atoms with van der Waals surface area (Å²) >= 11 is 3.12. The minimum absolute atomic E-state index is 0.719. The Morgan fingerprint density at radius 2 is 1.89 bits per heavy atom. The molecule has 1 heterocycles. The van der Waals surface area contributed by atoms with Crippen LogP contribution in [0, 0.1) is 0 Å². The van der Waals surface area contributed by atoms with Gasteiger partial charge in [0.2, 0.25) is 0 Å². The number of aryl methyl sites for hydroxylation is 1. The van der Waals surface area contributed by atoms with Gasteiger partial charge < -0.3 is 5.11 Å². The first-order valence-corrected chi connectivity index (χ1v) is 8.77. The lowest BCUT2D eigenvalue weighted by Crippen LogP contribution is -2.32. The van der Waals surface area contributed by atoms with Crippen molar-refractivity contribution in [1.29, 1.82) is 0 Å². The molecule has 1 aromatic rings. The predicted molar refractivity (Wildman–Crippen MR) is 83.9 cm³/mol. The first-order chi connectivity index (χ1) is 9.19. The average molecular weight is 296 g/mol. The minimum atomic E-state index is -0.790. The second-order valence-corrected chi connectivity index (χ2v) is 7.65. The molecule has 19 heavy (non-hydrogen) atoms. The maximum Gasteiger partial charge on any atom is 0.334 e. The van der Waals surface area contributed by atoms with E-state index in [4.69, 9.17) is 0 Å². The Morgan fingerprint density at radius 3 is 2.42 bits per heavy atom. The van der Waals surface area contributed by atoms with Crippen LogP contribution in [0.5, 0.6) is 0 Å². The molecule has 2 nitrogen and oxygen atoms in total. The fourth-order valence-electron chi connectivity index (χ4n) is 2.22. The first-order valence-electron chi connectivity index (χ1n) is 6.80. The van der Waals surface area contributed by atoms with Gasteiger partial charge in [-0.2, -0.15) is 0 Å². The molecule has 1 aliphatic heterocycles. The van der Waals surface area contributed by atoms with Crippen LogP contribution in [-0.4, -0.2) is 22.6 Å². The highest BCUT2D eigenvalue weighted by Crippen LogP contribution is 2.50. The maximum atomic E-state index is 11.7. The standard InChI is InChI=1S/C15H20O2S2/c1-2-3-5-12-6-8-13(9-7-12)15(14(16)17)18-10-4-11-19-15/h6-9H,2-5,10-11H2,1H3,(H,16,17). The molecule has 0 aromatic heterocycles. The molecule has 0 bridgehead atoms. The summed E-state index contributed by atoms with van der Waals surface area (Å²) in [5.74, 6) is 1.14. The summed E-state index contributed by atoms with van der Waals surface area (Å²) in [6.45, 7) is 2.18. The number of aliphatic carboxylic acids is 1. The van der Waals surface area contributed by atoms with E-state index in [2.05, 4.69) is 19.1 Å². The molecule has 1 aliphatic rings. The number of carboxylic acids is 1. The van der Waals surface area contributed by atoms with Gasteiger partial charge in [0, 0.05) is 0 Å². The van der Waals surface area contributed by atoms with Gasteiger partial charge in [0.25, 0.3) is 0 Å². The van der Waals surface area contributed by atoms with Gasteiger partial charge in [-0.3, -0.25) is 0 Å². The van der Waals surface area contributed by atoms with Crippen LogP contribution >= 0.6 is 23.5 Å². The van der Waals surface area contributed by atoms with Crippen LogP contribution in [0.2, 0.25) is 0 Å². The zero-order chi connectivity index (χ0) is 13.7. The molecule has 0 radical (unpaired) electrons. The van der Waals surface area contributed by atoms with Crippen LogP contribution in [0.1, 0.15) is 37.3 Å². The summed E-state index contributed by atoms with van der Waals surface area (Å²) in [7, 11) is 0. The summed E-state index contributed by atoms with van der Waals surface area (Å²) in [6.07, 6.45) is 4.55. The van der Waals surface area contributed by atoms with Crippen LogP contribution in [0.25, 0.3) is 0 Å². The predicted octanol–water partition coefficient (Wildman–Crippen LogP) is 4.14. The number of unbranched alkanes of at least 4 members (excludes halogenated alkanes) is 1. The average Bonchev–Trinajstić information content (AvgIpc) is 2.46. The van der Waals surface area contributed by atoms with Crippen LogP contribution in [-0.2, 0) is 15.3 Å². The SMILES string of the molecule is CCCCc1ccc(C2(C(=O)O)SCCCS2)cc1. The fraction of sp³-hybridized carbons (Fsp3) is 0.533. The van der Waals surface area contributed by atoms with E-state index in [1.54, 1.807) is 23.5 Å². The molecule has 1 fully saturated rings. The zero-order valence-corrected chi connectivity index (χ0v) is 12.9. The van der Waals surface area contributed by atoms with Crippen LogP contribution in [0.3, 0.4) is 0 Å². The maximum absolute atomic E-state index is 11.7. The molecule has 0 spiro atoms. The van der Waals surface area contributed by atoms with Gasteiger partial charge in [-0.15, -0.1) is 23.5 Å². The molecule has 1 saturated heterocycles. The van der Waals surface area contributed by atoms with Gasteiger partial charge >= 0.3 is 5.97 Å². The third-order valence-electron chi connectivity index (χ3n) is 3.33. The Morgan fingerprint density at radius 1 is 1.26 bits per heavy atom. The molecular formula is C15H20O2S2. The fourth-order valence-corrected chi connectivity index (χ4v) is 5.24. The van der Waals surface area contributed by atoms with Gasteiger partial charge in [-0.05, 0) is 41.9 Å². The van der Waals surface area contributed by atoms with E-state index in [0.29, 0.717) is 0 Å². The highest BCUT2D eigenvalue weighted by molar-refractivity contribution is 8.19. The highest BCUT2D eigenvalue weighted by atomic mass is 32.2. The Kier molecular flexibility index (Phi) is 5.22. The van der Waals surface area contributed by atoms with Crippen molar-refractivity contribution in [2.45, 2.75) is 36.7 Å². The van der Waals surface area contributed by atoms with Crippen molar-refractivity contribution in [3.05, 3.63) is 35.4 Å². The van der Waals surface area contributed by atoms with E-state index in [-0.39, 0.29) is 0 Å². The second-order valence-electron chi connectivity index (χ2n) is 4.77. The van der Waals surface area contributed by atoms with E-state index in [9.17, 15) is 9.90 Å². The normalized spacial score (nSPS) is 18.2. The van der Waals surface area contributed by atoms with Gasteiger partial charge in [0.1, 0.15) is 0 Å². The minimum Gasteiger partial charge on any atom is -0.479 e. The number of thioether (sulfide) groups is 2. The Balaban J connectivity index is 2.20. The molecule has 0 unspecified atom stereocenters. The molecule has 0 atom stereocenters. The molecule has 0 amide bonds. The quantitative estimate of drug-likeness (QED) is 0.886. The topological polar surface area (TPSA) is 37.3 Å². The molecule has 0 aliphatic carbocycles. The lowest BCUT2D eigenvalue weighted by molar-refractivity contribution is -0.137. The number of hydrogen-bond donors (Lipinski definition) is 1. The van der Waals surface area contributed by atoms with Gasteiger partial charge in [0.05, 0.1) is 0 Å². The van der Waals surface area contributed by atoms with Gasteiger partial charge in [-0.1, -0.05) is 37.6 Å². The lowest BCUT2D eigenvalue weighted by atomic mass is 10.0. The number of rotatable bonds is 5. The third-order valence-corrected chi connectivity index (χ3v) is 6.66. The Labute approximate surface area is 123 Å². The largest absolute Gasteiger partial charge is 0.479 e. The van der Waals surface area contributed by atoms with E-state index >= 15 is 0 Å². The van der Waals surface area contributed by atoms with E-state index in [1.807, 2.05) is 12.1 Å². The van der Waals surface area contributed by atoms with E-state index in [0.717, 1.165) is 29.9 Å². The summed E-state index contributed by atoms with van der Waals surface area (Å²) in [6, 6.07) is 8.19. The van der Waals surface area contributed by atoms with Crippen molar-refractivity contribution < 1.29 is 9.90 Å². The molecule has 1 N–H and O–H groups in total. The van der Waals surface area contributed by atoms with Crippen molar-refractivity contribution in [2.75, 3.05) is 11.5 Å². The van der Waals surface area contributed by atoms with Crippen LogP contribution in [0.15, 0.2) is 24.3 Å². The van der Waals surface area contributed by atoms with Gasteiger partial charge in [-0.25, -0.2) is 4.79 Å². The number of benzene rings is 1. The monoisotopic (exact) mass is 296 g/mol. The summed E-state index contributed by atoms with van der Waals surface area (Å²) < 4.78 is -0.790. The number of hydrogen-bond acceptors (Lipinski definition) is 3. The third kappa shape index (κ3) is 3.29. The van der Waals surface area contributed by atoms with Crippen molar-refractivity contribution in [3.63, 3.8) is 0 Å². The molecule has 4 heteroatoms. The molecular weight excluding hydrogens is 276 g/mol. The van der Waals surface area contributed by atoms with Crippen molar-refractivity contribution in [3.8, 4) is 0 Å². The molecule has 0 saturated carbocycles. The molecule has 2 rings (SSSR count). The lowest BCUT2D eigenvalue weighted by Gasteiger charge is -2.32. The van der Waals surface area contributed by atoms with Crippen LogP contribution in [0.4, 0.5) is 0 Å². The number of carbonyl (C=O) groups is 1. The first kappa shape index (κ1) is 14.8. The number of carboxylic acid groups (broad SMARTS) is 1. The van der Waals surface area contributed by atoms with Crippen LogP contribution < -0.4 is 0 Å². The molecule has 104 valence electrons. The van der Waals surface area contributed by atoms with Crippen molar-refractivity contribution in [2.24, 2.45) is 0 Å². The summed E-state index contributed by atoms with van der Waals surface area (Å²) in [4.78, 5) is 11.7. The van der Waals surface area contributed by atoms with E-state index < -0.39 is 10.0 Å². The smallest absolute Gasteiger partial charge is 0.334 e. The second kappa shape index (κ2) is 6.71. The summed E-state index contributed by atoms with van der Waals surface area (Å²) in [5, 5.41) is 9.61. The van der Waals surface area contributed by atoms with Crippen molar-refractivity contribution >= 4 is 29.5 Å². The van der Waals surface area contributed by atoms with Crippen molar-refractivity contribution in [1.82, 2.24) is 0 Å².